The number of azide groups is 1. The highest BCUT2D eigenvalue weighted by Crippen LogP contribution is 2.36. The van der Waals surface area contributed by atoms with E-state index >= 15 is 0 Å². The molecule has 206 valence electrons. The Labute approximate surface area is 233 Å². The molecule has 3 aliphatic rings. The summed E-state index contributed by atoms with van der Waals surface area (Å²) in [6.07, 6.45) is 1.01. The number of nitrogens with zero attached hydrogens (tertiary/aromatic N) is 7. The van der Waals surface area contributed by atoms with E-state index in [-0.39, 0.29) is 24.6 Å². The van der Waals surface area contributed by atoms with Crippen LogP contribution >= 0.6 is 11.8 Å². The fraction of sp³-hybridized carbons (Fsp3) is 0.385. The van der Waals surface area contributed by atoms with Gasteiger partial charge >= 0.3 is 6.09 Å². The summed E-state index contributed by atoms with van der Waals surface area (Å²) in [5.41, 5.74) is 11.0. The third kappa shape index (κ3) is 5.28. The molecule has 0 bridgehead atoms. The number of benzene rings is 2. The van der Waals surface area contributed by atoms with E-state index < -0.39 is 12.2 Å². The first-order valence-electron chi connectivity index (χ1n) is 12.8. The molecule has 6 rings (SSSR count). The van der Waals surface area contributed by atoms with Crippen molar-refractivity contribution >= 4 is 46.0 Å². The predicted octanol–water partition coefficient (Wildman–Crippen LogP) is 3.84. The van der Waals surface area contributed by atoms with Gasteiger partial charge in [-0.3, -0.25) is 14.6 Å². The number of hydrogen-bond donors (Lipinski definition) is 1. The van der Waals surface area contributed by atoms with E-state index in [2.05, 4.69) is 30.2 Å². The molecule has 2 aromatic carbocycles. The summed E-state index contributed by atoms with van der Waals surface area (Å²) in [4.78, 5) is 40.9. The van der Waals surface area contributed by atoms with Gasteiger partial charge in [0.25, 0.3) is 0 Å². The van der Waals surface area contributed by atoms with Gasteiger partial charge in [-0.15, -0.1) is 11.8 Å². The Balaban J connectivity index is 1.15. The molecule has 3 aliphatic heterocycles. The molecule has 0 aliphatic carbocycles. The van der Waals surface area contributed by atoms with E-state index in [0.717, 1.165) is 15.8 Å². The van der Waals surface area contributed by atoms with Crippen LogP contribution in [0.4, 0.5) is 16.2 Å². The Hall–Kier alpha value is -4.26. The summed E-state index contributed by atoms with van der Waals surface area (Å²) < 4.78 is 17.4. The van der Waals surface area contributed by atoms with E-state index in [4.69, 9.17) is 19.7 Å². The molecule has 3 aromatic rings. The van der Waals surface area contributed by atoms with Crippen molar-refractivity contribution in [1.82, 2.24) is 14.9 Å². The third-order valence-corrected chi connectivity index (χ3v) is 8.22. The SMILES string of the molecule is COc1ccc2ncnc(O[C@H]3C[C@@H](CN=[N+]=[N-])N(C[C@@H]4CN(c5ccc6c(c5)NC(=O)CS6)C(=O)O4)C3)c2c1. The molecule has 1 N–H and O–H groups in total. The van der Waals surface area contributed by atoms with Crippen molar-refractivity contribution in [1.29, 1.82) is 0 Å². The number of nitrogens with one attached hydrogen (secondary N) is 1. The van der Waals surface area contributed by atoms with Crippen LogP contribution in [-0.2, 0) is 9.53 Å². The highest BCUT2D eigenvalue weighted by atomic mass is 32.2. The van der Waals surface area contributed by atoms with Crippen molar-refractivity contribution in [3.8, 4) is 11.6 Å². The number of rotatable bonds is 8. The van der Waals surface area contributed by atoms with Crippen LogP contribution < -0.4 is 19.7 Å². The second-order valence-corrected chi connectivity index (χ2v) is 10.7. The molecule has 0 radical (unpaired) electrons. The van der Waals surface area contributed by atoms with Gasteiger partial charge in [-0.25, -0.2) is 14.8 Å². The number of methoxy groups -OCH3 is 1. The summed E-state index contributed by atoms with van der Waals surface area (Å²) >= 11 is 1.47. The maximum atomic E-state index is 12.8. The lowest BCUT2D eigenvalue weighted by Crippen LogP contribution is -2.39. The standard InChI is InChI=1S/C26H26N8O5S/c1-37-17-3-4-21-20(8-17)25(29-14-28-21)38-18-6-16(9-30-32-27)33(10-18)11-19-12-34(26(36)39-19)15-2-5-23-22(7-15)31-24(35)13-40-23/h2-5,7-8,14,16,18-19H,6,9-13H2,1H3,(H,31,35)/t16-,18-,19+/m0/s1. The van der Waals surface area contributed by atoms with Gasteiger partial charge in [0, 0.05) is 47.6 Å². The first-order valence-corrected chi connectivity index (χ1v) is 13.7. The minimum atomic E-state index is -0.445. The molecule has 14 heteroatoms. The number of hydrogen-bond acceptors (Lipinski definition) is 10. The number of likely N-dealkylation sites (tertiary alicyclic amines) is 1. The Morgan fingerprint density at radius 2 is 2.12 bits per heavy atom. The first-order chi connectivity index (χ1) is 19.5. The zero-order chi connectivity index (χ0) is 27.6. The number of aromatic nitrogens is 2. The van der Waals surface area contributed by atoms with Crippen molar-refractivity contribution in [3.63, 3.8) is 0 Å². The lowest BCUT2D eigenvalue weighted by Gasteiger charge is -2.25. The molecule has 3 atom stereocenters. The molecule has 0 unspecified atom stereocenters. The molecule has 2 saturated heterocycles. The van der Waals surface area contributed by atoms with Crippen molar-refractivity contribution in [2.45, 2.75) is 29.6 Å². The maximum absolute atomic E-state index is 12.8. The molecule has 40 heavy (non-hydrogen) atoms. The summed E-state index contributed by atoms with van der Waals surface area (Å²) in [6.45, 7) is 1.60. The van der Waals surface area contributed by atoms with Crippen molar-refractivity contribution in [3.05, 3.63) is 53.2 Å². The summed E-state index contributed by atoms with van der Waals surface area (Å²) in [5.74, 6) is 1.44. The normalized spacial score (nSPS) is 22.4. The van der Waals surface area contributed by atoms with Crippen LogP contribution in [0.5, 0.6) is 11.6 Å². The highest BCUT2D eigenvalue weighted by molar-refractivity contribution is 8.00. The number of carbonyl (C=O) groups is 2. The van der Waals surface area contributed by atoms with Gasteiger partial charge in [-0.1, -0.05) is 5.11 Å². The minimum Gasteiger partial charge on any atom is -0.497 e. The summed E-state index contributed by atoms with van der Waals surface area (Å²) in [6, 6.07) is 11.0. The van der Waals surface area contributed by atoms with E-state index in [1.165, 1.54) is 18.1 Å². The van der Waals surface area contributed by atoms with Crippen molar-refractivity contribution in [2.24, 2.45) is 5.11 Å². The first kappa shape index (κ1) is 26.0. The zero-order valence-corrected chi connectivity index (χ0v) is 22.4. The Morgan fingerprint density at radius 3 is 2.98 bits per heavy atom. The zero-order valence-electron chi connectivity index (χ0n) is 21.6. The van der Waals surface area contributed by atoms with E-state index in [9.17, 15) is 9.59 Å². The molecular formula is C26H26N8O5S. The number of thioether (sulfide) groups is 1. The topological polar surface area (TPSA) is 155 Å². The number of amides is 2. The van der Waals surface area contributed by atoms with Crippen LogP contribution in [0.1, 0.15) is 6.42 Å². The van der Waals surface area contributed by atoms with E-state index in [1.54, 1.807) is 18.1 Å². The van der Waals surface area contributed by atoms with E-state index in [0.29, 0.717) is 54.8 Å². The highest BCUT2D eigenvalue weighted by Gasteiger charge is 2.39. The molecule has 13 nitrogen and oxygen atoms in total. The average molecular weight is 563 g/mol. The van der Waals surface area contributed by atoms with Gasteiger partial charge in [-0.05, 0) is 41.9 Å². The Kier molecular flexibility index (Phi) is 7.20. The lowest BCUT2D eigenvalue weighted by molar-refractivity contribution is -0.113. The monoisotopic (exact) mass is 562 g/mol. The maximum Gasteiger partial charge on any atom is 0.414 e. The fourth-order valence-electron chi connectivity index (χ4n) is 5.29. The molecular weight excluding hydrogens is 536 g/mol. The summed E-state index contributed by atoms with van der Waals surface area (Å²) in [5, 5.41) is 7.41. The van der Waals surface area contributed by atoms with Crippen molar-refractivity contribution in [2.75, 3.05) is 49.3 Å². The van der Waals surface area contributed by atoms with E-state index in [1.807, 2.05) is 30.3 Å². The largest absolute Gasteiger partial charge is 0.497 e. The smallest absolute Gasteiger partial charge is 0.414 e. The Bertz CT molecular complexity index is 1520. The van der Waals surface area contributed by atoms with Gasteiger partial charge in [0.15, 0.2) is 0 Å². The van der Waals surface area contributed by atoms with Gasteiger partial charge in [0.2, 0.25) is 11.8 Å². The van der Waals surface area contributed by atoms with Crippen LogP contribution in [0.25, 0.3) is 21.3 Å². The summed E-state index contributed by atoms with van der Waals surface area (Å²) in [7, 11) is 1.60. The molecule has 4 heterocycles. The third-order valence-electron chi connectivity index (χ3n) is 7.15. The van der Waals surface area contributed by atoms with Gasteiger partial charge < -0.3 is 19.5 Å². The van der Waals surface area contributed by atoms with Gasteiger partial charge in [0.1, 0.15) is 24.3 Å². The quantitative estimate of drug-likeness (QED) is 0.245. The van der Waals surface area contributed by atoms with Gasteiger partial charge in [-0.2, -0.15) is 0 Å². The number of ether oxygens (including phenoxy) is 3. The molecule has 0 saturated carbocycles. The molecule has 2 amide bonds. The number of carbonyl (C=O) groups excluding carboxylic acids is 2. The second kappa shape index (κ2) is 11.1. The molecule has 0 spiro atoms. The van der Waals surface area contributed by atoms with Crippen molar-refractivity contribution < 1.29 is 23.8 Å². The van der Waals surface area contributed by atoms with Crippen LogP contribution in [0, 0.1) is 0 Å². The number of anilines is 2. The minimum absolute atomic E-state index is 0.0671. The lowest BCUT2D eigenvalue weighted by atomic mass is 10.2. The Morgan fingerprint density at radius 1 is 1.23 bits per heavy atom. The average Bonchev–Trinajstić information content (AvgIpc) is 3.53. The van der Waals surface area contributed by atoms with Crippen LogP contribution in [0.2, 0.25) is 0 Å². The predicted molar refractivity (Wildman–Crippen MR) is 148 cm³/mol. The van der Waals surface area contributed by atoms with Gasteiger partial charge in [0.05, 0.1) is 36.0 Å². The second-order valence-electron chi connectivity index (χ2n) is 9.69. The fourth-order valence-corrected chi connectivity index (χ4v) is 6.07. The van der Waals surface area contributed by atoms with Crippen LogP contribution in [-0.4, -0.2) is 84.2 Å². The van der Waals surface area contributed by atoms with Crippen LogP contribution in [0.15, 0.2) is 52.7 Å². The molecule has 2 fully saturated rings. The van der Waals surface area contributed by atoms with Crippen LogP contribution in [0.3, 0.4) is 0 Å². The molecule has 1 aromatic heterocycles. The number of cyclic esters (lactones) is 1. The number of fused-ring (bicyclic) bond motifs is 2.